The molecule has 0 aromatic heterocycles. The molecular weight excluding hydrogens is 304 g/mol. The van der Waals surface area contributed by atoms with Crippen LogP contribution >= 0.6 is 0 Å². The molecule has 0 spiro atoms. The van der Waals surface area contributed by atoms with Crippen LogP contribution in [-0.4, -0.2) is 16.9 Å². The van der Waals surface area contributed by atoms with Crippen LogP contribution in [0, 0.1) is 10.1 Å². The summed E-state index contributed by atoms with van der Waals surface area (Å²) in [5.41, 5.74) is 2.24. The van der Waals surface area contributed by atoms with Crippen molar-refractivity contribution in [1.29, 1.82) is 0 Å². The number of non-ortho nitro benzene ring substituents is 1. The fourth-order valence-electron chi connectivity index (χ4n) is 2.25. The van der Waals surface area contributed by atoms with Gasteiger partial charge in [-0.1, -0.05) is 42.5 Å². The Balaban J connectivity index is 1.60. The molecule has 124 valence electrons. The van der Waals surface area contributed by atoms with Crippen molar-refractivity contribution < 1.29 is 4.92 Å². The number of nitro groups is 1. The number of guanidine groups is 1. The van der Waals surface area contributed by atoms with Crippen LogP contribution in [0.1, 0.15) is 24.0 Å². The summed E-state index contributed by atoms with van der Waals surface area (Å²) in [7, 11) is 0. The molecule has 1 aliphatic carbocycles. The Morgan fingerprint density at radius 3 is 2.42 bits per heavy atom. The first-order valence-electron chi connectivity index (χ1n) is 8.03. The zero-order valence-corrected chi connectivity index (χ0v) is 13.3. The predicted molar refractivity (Wildman–Crippen MR) is 93.7 cm³/mol. The van der Waals surface area contributed by atoms with Crippen LogP contribution in [-0.2, 0) is 13.1 Å². The molecule has 1 aliphatic rings. The minimum Gasteiger partial charge on any atom is -0.354 e. The van der Waals surface area contributed by atoms with Crippen molar-refractivity contribution in [2.75, 3.05) is 0 Å². The second kappa shape index (κ2) is 7.59. The maximum absolute atomic E-state index is 10.7. The van der Waals surface area contributed by atoms with Crippen molar-refractivity contribution in [1.82, 2.24) is 10.6 Å². The van der Waals surface area contributed by atoms with Crippen molar-refractivity contribution in [2.45, 2.75) is 32.0 Å². The lowest BCUT2D eigenvalue weighted by Crippen LogP contribution is -2.38. The van der Waals surface area contributed by atoms with Crippen LogP contribution < -0.4 is 10.6 Å². The summed E-state index contributed by atoms with van der Waals surface area (Å²) in [5.74, 6) is 0.778. The normalized spacial score (nSPS) is 14.2. The second-order valence-electron chi connectivity index (χ2n) is 5.85. The molecule has 0 saturated heterocycles. The number of hydrogen-bond acceptors (Lipinski definition) is 3. The summed E-state index contributed by atoms with van der Waals surface area (Å²) in [5, 5.41) is 17.4. The quantitative estimate of drug-likeness (QED) is 0.370. The Hall–Kier alpha value is -2.89. The van der Waals surface area contributed by atoms with Crippen LogP contribution in [0.3, 0.4) is 0 Å². The van der Waals surface area contributed by atoms with E-state index in [4.69, 9.17) is 0 Å². The molecule has 0 amide bonds. The van der Waals surface area contributed by atoms with Crippen LogP contribution in [0.2, 0.25) is 0 Å². The van der Waals surface area contributed by atoms with E-state index in [-0.39, 0.29) is 5.69 Å². The Morgan fingerprint density at radius 2 is 1.79 bits per heavy atom. The number of aliphatic imine (C=N–C) groups is 1. The van der Waals surface area contributed by atoms with Gasteiger partial charge < -0.3 is 10.6 Å². The molecule has 0 atom stereocenters. The molecule has 0 heterocycles. The van der Waals surface area contributed by atoms with Crippen LogP contribution in [0.15, 0.2) is 59.6 Å². The Kier molecular flexibility index (Phi) is 5.05. The molecule has 6 nitrogen and oxygen atoms in total. The first-order valence-corrected chi connectivity index (χ1v) is 8.03. The molecule has 2 aromatic rings. The second-order valence-corrected chi connectivity index (χ2v) is 5.85. The minimum atomic E-state index is -0.390. The van der Waals surface area contributed by atoms with Crippen molar-refractivity contribution in [3.8, 4) is 0 Å². The van der Waals surface area contributed by atoms with E-state index < -0.39 is 4.92 Å². The zero-order chi connectivity index (χ0) is 16.8. The summed E-state index contributed by atoms with van der Waals surface area (Å²) >= 11 is 0. The first-order chi connectivity index (χ1) is 11.7. The molecule has 6 heteroatoms. The molecule has 2 N–H and O–H groups in total. The van der Waals surface area contributed by atoms with E-state index in [1.807, 2.05) is 18.2 Å². The number of nitrogens with one attached hydrogen (secondary N) is 2. The highest BCUT2D eigenvalue weighted by atomic mass is 16.6. The molecular formula is C18H20N4O2. The van der Waals surface area contributed by atoms with E-state index in [1.165, 1.54) is 25.0 Å². The van der Waals surface area contributed by atoms with E-state index in [1.54, 1.807) is 12.1 Å². The van der Waals surface area contributed by atoms with Gasteiger partial charge in [0.05, 0.1) is 11.5 Å². The standard InChI is InChI=1S/C18H20N4O2/c23-22(24)17-10-6-15(7-11-17)13-20-18(21-16-8-9-16)19-12-14-4-2-1-3-5-14/h1-7,10-11,16H,8-9,12-13H2,(H2,19,20,21). The van der Waals surface area contributed by atoms with Crippen molar-refractivity contribution in [3.63, 3.8) is 0 Å². The molecule has 2 aromatic carbocycles. The lowest BCUT2D eigenvalue weighted by atomic mass is 10.2. The fourth-order valence-corrected chi connectivity index (χ4v) is 2.25. The molecule has 0 aliphatic heterocycles. The van der Waals surface area contributed by atoms with Crippen LogP contribution in [0.5, 0.6) is 0 Å². The Labute approximate surface area is 140 Å². The highest BCUT2D eigenvalue weighted by Gasteiger charge is 2.22. The summed E-state index contributed by atoms with van der Waals surface area (Å²) in [6, 6.07) is 17.2. The molecule has 0 radical (unpaired) electrons. The van der Waals surface area contributed by atoms with Gasteiger partial charge in [0.15, 0.2) is 5.96 Å². The number of rotatable bonds is 6. The van der Waals surface area contributed by atoms with Crippen molar-refractivity contribution in [2.24, 2.45) is 4.99 Å². The highest BCUT2D eigenvalue weighted by molar-refractivity contribution is 5.80. The van der Waals surface area contributed by atoms with E-state index in [0.717, 1.165) is 17.1 Å². The lowest BCUT2D eigenvalue weighted by molar-refractivity contribution is -0.384. The summed E-state index contributed by atoms with van der Waals surface area (Å²) < 4.78 is 0. The van der Waals surface area contributed by atoms with Gasteiger partial charge in [0.1, 0.15) is 0 Å². The van der Waals surface area contributed by atoms with Crippen molar-refractivity contribution >= 4 is 11.6 Å². The fraction of sp³-hybridized carbons (Fsp3) is 0.278. The Morgan fingerprint density at radius 1 is 1.08 bits per heavy atom. The third kappa shape index (κ3) is 4.81. The Bertz CT molecular complexity index is 710. The van der Waals surface area contributed by atoms with E-state index in [0.29, 0.717) is 19.1 Å². The highest BCUT2D eigenvalue weighted by Crippen LogP contribution is 2.18. The first kappa shape index (κ1) is 16.0. The molecule has 24 heavy (non-hydrogen) atoms. The van der Waals surface area contributed by atoms with Crippen LogP contribution in [0.4, 0.5) is 5.69 Å². The lowest BCUT2D eigenvalue weighted by Gasteiger charge is -2.12. The van der Waals surface area contributed by atoms with E-state index in [9.17, 15) is 10.1 Å². The number of hydrogen-bond donors (Lipinski definition) is 2. The van der Waals surface area contributed by atoms with Gasteiger partial charge in [0.25, 0.3) is 5.69 Å². The maximum atomic E-state index is 10.7. The molecule has 3 rings (SSSR count). The number of benzene rings is 2. The van der Waals surface area contributed by atoms with Gasteiger partial charge in [0, 0.05) is 24.7 Å². The zero-order valence-electron chi connectivity index (χ0n) is 13.3. The number of nitrogens with zero attached hydrogens (tertiary/aromatic N) is 2. The average Bonchev–Trinajstić information content (AvgIpc) is 3.42. The molecule has 1 saturated carbocycles. The van der Waals surface area contributed by atoms with Gasteiger partial charge >= 0.3 is 0 Å². The molecule has 0 unspecified atom stereocenters. The van der Waals surface area contributed by atoms with Crippen molar-refractivity contribution in [3.05, 3.63) is 75.8 Å². The average molecular weight is 324 g/mol. The maximum Gasteiger partial charge on any atom is 0.269 e. The van der Waals surface area contributed by atoms with E-state index in [2.05, 4.69) is 27.8 Å². The van der Waals surface area contributed by atoms with Gasteiger partial charge in [-0.2, -0.15) is 0 Å². The molecule has 1 fully saturated rings. The summed E-state index contributed by atoms with van der Waals surface area (Å²) in [4.78, 5) is 14.9. The van der Waals surface area contributed by atoms with Gasteiger partial charge in [0.2, 0.25) is 0 Å². The summed E-state index contributed by atoms with van der Waals surface area (Å²) in [6.45, 7) is 1.19. The largest absolute Gasteiger partial charge is 0.354 e. The minimum absolute atomic E-state index is 0.104. The van der Waals surface area contributed by atoms with Gasteiger partial charge in [-0.25, -0.2) is 4.99 Å². The van der Waals surface area contributed by atoms with Crippen LogP contribution in [0.25, 0.3) is 0 Å². The number of nitro benzene ring substituents is 1. The monoisotopic (exact) mass is 324 g/mol. The van der Waals surface area contributed by atoms with Gasteiger partial charge in [-0.05, 0) is 24.0 Å². The molecule has 0 bridgehead atoms. The smallest absolute Gasteiger partial charge is 0.269 e. The van der Waals surface area contributed by atoms with E-state index >= 15 is 0 Å². The topological polar surface area (TPSA) is 79.6 Å². The predicted octanol–water partition coefficient (Wildman–Crippen LogP) is 2.99. The SMILES string of the molecule is O=[N+]([O-])c1ccc(CNC(=NCc2ccccc2)NC2CC2)cc1. The third-order valence-corrected chi connectivity index (χ3v) is 3.79. The van der Waals surface area contributed by atoms with Gasteiger partial charge in [-0.15, -0.1) is 0 Å². The van der Waals surface area contributed by atoms with Gasteiger partial charge in [-0.3, -0.25) is 10.1 Å². The summed E-state index contributed by atoms with van der Waals surface area (Å²) in [6.07, 6.45) is 2.34. The third-order valence-electron chi connectivity index (χ3n) is 3.79.